The van der Waals surface area contributed by atoms with Crippen LogP contribution in [0.4, 0.5) is 5.69 Å². The number of hydrogen-bond acceptors (Lipinski definition) is 4. The number of imide groups is 1. The monoisotopic (exact) mass is 282 g/mol. The quantitative estimate of drug-likeness (QED) is 0.511. The van der Waals surface area contributed by atoms with Gasteiger partial charge in [0.2, 0.25) is 0 Å². The number of fused-ring (bicyclic) bond motifs is 1. The van der Waals surface area contributed by atoms with Crippen molar-refractivity contribution in [1.29, 1.82) is 0 Å². The number of carbonyl (C=O) groups is 2. The average Bonchev–Trinajstić information content (AvgIpc) is 2.52. The number of methoxy groups -OCH3 is 1. The van der Waals surface area contributed by atoms with Gasteiger partial charge in [0.05, 0.1) is 18.9 Å². The minimum absolute atomic E-state index is 0.352. The molecule has 0 unspecified atom stereocenters. The van der Waals surface area contributed by atoms with Crippen LogP contribution in [0.1, 0.15) is 15.9 Å². The molecule has 2 aliphatic rings. The van der Waals surface area contributed by atoms with Gasteiger partial charge in [-0.05, 0) is 24.3 Å². The Hall–Kier alpha value is -2.82. The number of carbonyl (C=O) groups excluding carboxylic acids is 2. The summed E-state index contributed by atoms with van der Waals surface area (Å²) in [5, 5.41) is 2.30. The molecular formula is C16H14N2O3. The Labute approximate surface area is 122 Å². The van der Waals surface area contributed by atoms with E-state index in [0.29, 0.717) is 16.7 Å². The highest BCUT2D eigenvalue weighted by Crippen LogP contribution is 2.29. The summed E-state index contributed by atoms with van der Waals surface area (Å²) in [7, 11) is 1.47. The van der Waals surface area contributed by atoms with Crippen molar-refractivity contribution in [3.63, 3.8) is 0 Å². The second kappa shape index (κ2) is 5.28. The SMILES string of the molecule is CO/C=C1/C(=O)NC(=O)c2ccc(N3C=CC=CC3)cc21. The molecular weight excluding hydrogens is 268 g/mol. The Morgan fingerprint density at radius 1 is 1.19 bits per heavy atom. The van der Waals surface area contributed by atoms with Crippen molar-refractivity contribution in [2.45, 2.75) is 0 Å². The number of allylic oxidation sites excluding steroid dienone is 2. The number of rotatable bonds is 2. The summed E-state index contributed by atoms with van der Waals surface area (Å²) in [6, 6.07) is 5.42. The van der Waals surface area contributed by atoms with Crippen LogP contribution in [0.5, 0.6) is 0 Å². The molecule has 1 aromatic rings. The Balaban J connectivity index is 2.08. The molecule has 1 aromatic carbocycles. The molecule has 5 heteroatoms. The number of amides is 2. The number of hydrogen-bond donors (Lipinski definition) is 1. The van der Waals surface area contributed by atoms with Crippen LogP contribution in [0.3, 0.4) is 0 Å². The highest BCUT2D eigenvalue weighted by molar-refractivity contribution is 6.31. The van der Waals surface area contributed by atoms with Gasteiger partial charge in [-0.3, -0.25) is 14.9 Å². The second-order valence-electron chi connectivity index (χ2n) is 4.70. The van der Waals surface area contributed by atoms with Crippen molar-refractivity contribution >= 4 is 23.1 Å². The van der Waals surface area contributed by atoms with Crippen LogP contribution in [0, 0.1) is 0 Å². The molecule has 3 rings (SSSR count). The molecule has 2 amide bonds. The molecule has 0 fully saturated rings. The van der Waals surface area contributed by atoms with Crippen LogP contribution >= 0.6 is 0 Å². The molecule has 0 aromatic heterocycles. The lowest BCUT2D eigenvalue weighted by Crippen LogP contribution is -2.36. The van der Waals surface area contributed by atoms with E-state index in [1.165, 1.54) is 13.4 Å². The Morgan fingerprint density at radius 2 is 2.05 bits per heavy atom. The van der Waals surface area contributed by atoms with E-state index in [2.05, 4.69) is 5.32 Å². The first kappa shape index (κ1) is 13.2. The normalized spacial score (nSPS) is 18.7. The van der Waals surface area contributed by atoms with Gasteiger partial charge >= 0.3 is 0 Å². The third kappa shape index (κ3) is 2.33. The van der Waals surface area contributed by atoms with Gasteiger partial charge < -0.3 is 9.64 Å². The van der Waals surface area contributed by atoms with Gasteiger partial charge in [0.15, 0.2) is 0 Å². The molecule has 0 aliphatic carbocycles. The van der Waals surface area contributed by atoms with Crippen LogP contribution in [0.15, 0.2) is 48.9 Å². The third-order valence-corrected chi connectivity index (χ3v) is 3.39. The van der Waals surface area contributed by atoms with E-state index in [9.17, 15) is 9.59 Å². The summed E-state index contributed by atoms with van der Waals surface area (Å²) in [4.78, 5) is 25.8. The summed E-state index contributed by atoms with van der Waals surface area (Å²) >= 11 is 0. The minimum atomic E-state index is -0.444. The van der Waals surface area contributed by atoms with Crippen LogP contribution in [0.25, 0.3) is 5.57 Å². The molecule has 0 spiro atoms. The summed E-state index contributed by atoms with van der Waals surface area (Å²) < 4.78 is 4.96. The molecule has 0 saturated carbocycles. The predicted molar refractivity (Wildman–Crippen MR) is 79.5 cm³/mol. The molecule has 2 heterocycles. The van der Waals surface area contributed by atoms with Gasteiger partial charge in [0, 0.05) is 29.6 Å². The fraction of sp³-hybridized carbons (Fsp3) is 0.125. The first-order valence-electron chi connectivity index (χ1n) is 6.54. The van der Waals surface area contributed by atoms with Gasteiger partial charge in [-0.1, -0.05) is 12.2 Å². The maximum Gasteiger partial charge on any atom is 0.261 e. The van der Waals surface area contributed by atoms with Crippen LogP contribution in [-0.2, 0) is 9.53 Å². The smallest absolute Gasteiger partial charge is 0.261 e. The highest BCUT2D eigenvalue weighted by Gasteiger charge is 2.28. The molecule has 1 N–H and O–H groups in total. The van der Waals surface area contributed by atoms with Crippen molar-refractivity contribution in [3.05, 3.63) is 60.0 Å². The predicted octanol–water partition coefficient (Wildman–Crippen LogP) is 1.83. The van der Waals surface area contributed by atoms with E-state index in [-0.39, 0.29) is 5.91 Å². The van der Waals surface area contributed by atoms with Crippen molar-refractivity contribution in [3.8, 4) is 0 Å². The van der Waals surface area contributed by atoms with Gasteiger partial charge in [0.25, 0.3) is 11.8 Å². The van der Waals surface area contributed by atoms with Gasteiger partial charge in [-0.2, -0.15) is 0 Å². The van der Waals surface area contributed by atoms with E-state index in [4.69, 9.17) is 4.74 Å². The van der Waals surface area contributed by atoms with E-state index < -0.39 is 5.91 Å². The second-order valence-corrected chi connectivity index (χ2v) is 4.70. The molecule has 106 valence electrons. The minimum Gasteiger partial charge on any atom is -0.504 e. The molecule has 2 aliphatic heterocycles. The van der Waals surface area contributed by atoms with E-state index in [1.807, 2.05) is 41.5 Å². The fourth-order valence-electron chi connectivity index (χ4n) is 2.39. The summed E-state index contributed by atoms with van der Waals surface area (Å²) in [6.45, 7) is 0.749. The lowest BCUT2D eigenvalue weighted by molar-refractivity contribution is -0.114. The topological polar surface area (TPSA) is 58.6 Å². The van der Waals surface area contributed by atoms with Crippen molar-refractivity contribution in [1.82, 2.24) is 5.32 Å². The number of ether oxygens (including phenoxy) is 1. The molecule has 0 atom stereocenters. The van der Waals surface area contributed by atoms with Crippen molar-refractivity contribution in [2.75, 3.05) is 18.6 Å². The van der Waals surface area contributed by atoms with Crippen LogP contribution < -0.4 is 10.2 Å². The van der Waals surface area contributed by atoms with Gasteiger partial charge in [-0.15, -0.1) is 0 Å². The Morgan fingerprint density at radius 3 is 2.76 bits per heavy atom. The lowest BCUT2D eigenvalue weighted by Gasteiger charge is -2.24. The first-order chi connectivity index (χ1) is 10.2. The maximum atomic E-state index is 11.9. The van der Waals surface area contributed by atoms with Crippen LogP contribution in [-0.4, -0.2) is 25.5 Å². The number of benzene rings is 1. The zero-order valence-corrected chi connectivity index (χ0v) is 11.5. The van der Waals surface area contributed by atoms with E-state index in [0.717, 1.165) is 12.2 Å². The molecule has 0 bridgehead atoms. The number of nitrogens with one attached hydrogen (secondary N) is 1. The van der Waals surface area contributed by atoms with E-state index in [1.54, 1.807) is 6.07 Å². The van der Waals surface area contributed by atoms with Crippen molar-refractivity contribution in [2.24, 2.45) is 0 Å². The summed E-state index contributed by atoms with van der Waals surface area (Å²) in [6.07, 6.45) is 9.25. The summed E-state index contributed by atoms with van der Waals surface area (Å²) in [5.41, 5.74) is 2.33. The van der Waals surface area contributed by atoms with Gasteiger partial charge in [0.1, 0.15) is 0 Å². The Kier molecular flexibility index (Phi) is 3.31. The number of anilines is 1. The highest BCUT2D eigenvalue weighted by atomic mass is 16.5. The van der Waals surface area contributed by atoms with E-state index >= 15 is 0 Å². The first-order valence-corrected chi connectivity index (χ1v) is 6.54. The molecule has 21 heavy (non-hydrogen) atoms. The third-order valence-electron chi connectivity index (χ3n) is 3.39. The fourth-order valence-corrected chi connectivity index (χ4v) is 2.39. The van der Waals surface area contributed by atoms with Crippen LogP contribution in [0.2, 0.25) is 0 Å². The van der Waals surface area contributed by atoms with Gasteiger partial charge in [-0.25, -0.2) is 0 Å². The standard InChI is InChI=1S/C16H14N2O3/c1-21-10-14-13-9-11(18-7-3-2-4-8-18)5-6-12(13)15(19)17-16(14)20/h2-7,9-10H,8H2,1H3,(H,17,19,20)/b14-10+. The van der Waals surface area contributed by atoms with Crippen molar-refractivity contribution < 1.29 is 14.3 Å². The molecule has 5 nitrogen and oxygen atoms in total. The zero-order valence-electron chi connectivity index (χ0n) is 11.5. The number of nitrogens with zero attached hydrogens (tertiary/aromatic N) is 1. The largest absolute Gasteiger partial charge is 0.504 e. The average molecular weight is 282 g/mol. The summed E-state index contributed by atoms with van der Waals surface area (Å²) in [5.74, 6) is -0.829. The maximum absolute atomic E-state index is 11.9. The molecule has 0 saturated heterocycles. The lowest BCUT2D eigenvalue weighted by atomic mass is 9.95. The Bertz CT molecular complexity index is 701. The molecule has 0 radical (unpaired) electrons. The zero-order chi connectivity index (χ0) is 14.8.